The lowest BCUT2D eigenvalue weighted by atomic mass is 10.1. The molecule has 0 spiro atoms. The summed E-state index contributed by atoms with van der Waals surface area (Å²) in [4.78, 5) is 24.4. The van der Waals surface area contributed by atoms with Crippen LogP contribution < -0.4 is 5.73 Å². The molecule has 2 N–H and O–H groups in total. The summed E-state index contributed by atoms with van der Waals surface area (Å²) < 4.78 is 5.02. The Morgan fingerprint density at radius 2 is 2.17 bits per heavy atom. The Hall–Kier alpha value is -1.59. The maximum absolute atomic E-state index is 11.9. The number of carbonyl (C=O) groups excluding carboxylic acids is 2. The van der Waals surface area contributed by atoms with Gasteiger partial charge in [0.2, 0.25) is 0 Å². The van der Waals surface area contributed by atoms with Gasteiger partial charge < -0.3 is 10.5 Å². The highest BCUT2D eigenvalue weighted by Crippen LogP contribution is 2.19. The van der Waals surface area contributed by atoms with Crippen molar-refractivity contribution in [2.75, 3.05) is 13.1 Å². The van der Waals surface area contributed by atoms with Crippen LogP contribution in [0.5, 0.6) is 0 Å². The lowest BCUT2D eigenvalue weighted by molar-refractivity contribution is -0.129. The Morgan fingerprint density at radius 3 is 2.83 bits per heavy atom. The first-order valence-electron chi connectivity index (χ1n) is 5.58. The molecule has 96 valence electrons. The summed E-state index contributed by atoms with van der Waals surface area (Å²) in [5.74, 6) is -0.342. The van der Waals surface area contributed by atoms with Gasteiger partial charge in [0.1, 0.15) is 0 Å². The van der Waals surface area contributed by atoms with Crippen LogP contribution in [0.3, 0.4) is 0 Å². The van der Waals surface area contributed by atoms with Gasteiger partial charge in [0, 0.05) is 24.5 Å². The summed E-state index contributed by atoms with van der Waals surface area (Å²) in [6, 6.07) is 7.11. The molecule has 0 bridgehead atoms. The molecule has 1 aliphatic heterocycles. The van der Waals surface area contributed by atoms with Gasteiger partial charge in [-0.15, -0.1) is 0 Å². The van der Waals surface area contributed by atoms with E-state index >= 15 is 0 Å². The predicted octanol–water partition coefficient (Wildman–Crippen LogP) is 1.19. The minimum Gasteiger partial charge on any atom is -0.435 e. The smallest absolute Gasteiger partial charge is 0.417 e. The van der Waals surface area contributed by atoms with E-state index in [-0.39, 0.29) is 19.0 Å². The number of nitrogens with zero attached hydrogens (tertiary/aromatic N) is 1. The zero-order valence-electron chi connectivity index (χ0n) is 9.64. The Labute approximate surface area is 109 Å². The lowest BCUT2D eigenvalue weighted by Crippen LogP contribution is -2.36. The minimum absolute atomic E-state index is 0.184. The molecule has 0 saturated carbocycles. The van der Waals surface area contributed by atoms with E-state index < -0.39 is 12.2 Å². The molecule has 1 aliphatic rings. The fourth-order valence-electron chi connectivity index (χ4n) is 1.84. The first kappa shape index (κ1) is 12.9. The molecule has 0 unspecified atom stereocenters. The topological polar surface area (TPSA) is 72.6 Å². The molecule has 1 aromatic carbocycles. The summed E-state index contributed by atoms with van der Waals surface area (Å²) in [5, 5.41) is 0.586. The zero-order valence-corrected chi connectivity index (χ0v) is 10.4. The third-order valence-corrected chi connectivity index (χ3v) is 2.90. The highest BCUT2D eigenvalue weighted by atomic mass is 35.5. The van der Waals surface area contributed by atoms with Crippen LogP contribution >= 0.6 is 11.6 Å². The molecule has 5 nitrogen and oxygen atoms in total. The average Bonchev–Trinajstić information content (AvgIpc) is 2.57. The molecule has 2 rings (SSSR count). The number of rotatable bonds is 4. The van der Waals surface area contributed by atoms with Gasteiger partial charge >= 0.3 is 6.09 Å². The maximum atomic E-state index is 11.9. The van der Waals surface area contributed by atoms with Gasteiger partial charge in [-0.25, -0.2) is 9.69 Å². The maximum Gasteiger partial charge on any atom is 0.417 e. The van der Waals surface area contributed by atoms with Gasteiger partial charge in [-0.05, 0) is 17.7 Å². The SMILES string of the molecule is NCCN1C(=O)O[C@@H](Cc2cccc(Cl)c2)C1=O. The molecule has 0 aromatic heterocycles. The number of benzene rings is 1. The van der Waals surface area contributed by atoms with Gasteiger partial charge in [0.05, 0.1) is 0 Å². The molecule has 1 fully saturated rings. The summed E-state index contributed by atoms with van der Waals surface area (Å²) in [7, 11) is 0. The number of halogens is 1. The van der Waals surface area contributed by atoms with Crippen molar-refractivity contribution >= 4 is 23.6 Å². The van der Waals surface area contributed by atoms with Crippen molar-refractivity contribution in [3.8, 4) is 0 Å². The monoisotopic (exact) mass is 268 g/mol. The largest absolute Gasteiger partial charge is 0.435 e. The van der Waals surface area contributed by atoms with Crippen LogP contribution in [0.15, 0.2) is 24.3 Å². The van der Waals surface area contributed by atoms with E-state index in [1.165, 1.54) is 0 Å². The minimum atomic E-state index is -0.775. The predicted molar refractivity (Wildman–Crippen MR) is 66.2 cm³/mol. The molecule has 18 heavy (non-hydrogen) atoms. The first-order chi connectivity index (χ1) is 8.61. The Bertz CT molecular complexity index is 478. The van der Waals surface area contributed by atoms with Gasteiger partial charge in [0.25, 0.3) is 5.91 Å². The average molecular weight is 269 g/mol. The second kappa shape index (κ2) is 5.37. The summed E-state index contributed by atoms with van der Waals surface area (Å²) >= 11 is 5.85. The van der Waals surface area contributed by atoms with Gasteiger partial charge in [-0.3, -0.25) is 4.79 Å². The number of hydrogen-bond acceptors (Lipinski definition) is 4. The molecule has 1 saturated heterocycles. The van der Waals surface area contributed by atoms with E-state index in [0.29, 0.717) is 11.4 Å². The lowest BCUT2D eigenvalue weighted by Gasteiger charge is -2.09. The van der Waals surface area contributed by atoms with Crippen LogP contribution in [-0.2, 0) is 16.0 Å². The van der Waals surface area contributed by atoms with Crippen molar-refractivity contribution in [3.63, 3.8) is 0 Å². The van der Waals surface area contributed by atoms with E-state index in [4.69, 9.17) is 22.1 Å². The third-order valence-electron chi connectivity index (χ3n) is 2.67. The van der Waals surface area contributed by atoms with Crippen LogP contribution in [0.4, 0.5) is 4.79 Å². The second-order valence-corrected chi connectivity index (χ2v) is 4.42. The summed E-state index contributed by atoms with van der Waals surface area (Å²) in [5.41, 5.74) is 6.18. The van der Waals surface area contributed by atoms with Crippen molar-refractivity contribution in [1.82, 2.24) is 4.90 Å². The van der Waals surface area contributed by atoms with Crippen molar-refractivity contribution < 1.29 is 14.3 Å². The van der Waals surface area contributed by atoms with Crippen molar-refractivity contribution in [1.29, 1.82) is 0 Å². The first-order valence-corrected chi connectivity index (χ1v) is 5.96. The highest BCUT2D eigenvalue weighted by Gasteiger charge is 2.39. The van der Waals surface area contributed by atoms with Gasteiger partial charge in [0.15, 0.2) is 6.10 Å². The summed E-state index contributed by atoms with van der Waals surface area (Å²) in [6.07, 6.45) is -1.08. The van der Waals surface area contributed by atoms with Crippen molar-refractivity contribution in [3.05, 3.63) is 34.9 Å². The number of ether oxygens (including phenoxy) is 1. The normalized spacial score (nSPS) is 19.2. The number of hydrogen-bond donors (Lipinski definition) is 1. The Balaban J connectivity index is 2.07. The zero-order chi connectivity index (χ0) is 13.1. The number of amides is 2. The molecule has 1 aromatic rings. The van der Waals surface area contributed by atoms with E-state index in [1.54, 1.807) is 18.2 Å². The molecular weight excluding hydrogens is 256 g/mol. The summed E-state index contributed by atoms with van der Waals surface area (Å²) in [6.45, 7) is 0.411. The van der Waals surface area contributed by atoms with Crippen LogP contribution in [0, 0.1) is 0 Å². The molecular formula is C12H13ClN2O3. The molecule has 1 heterocycles. The highest BCUT2D eigenvalue weighted by molar-refractivity contribution is 6.30. The molecule has 6 heteroatoms. The fourth-order valence-corrected chi connectivity index (χ4v) is 2.05. The number of imide groups is 1. The number of carbonyl (C=O) groups is 2. The van der Waals surface area contributed by atoms with Gasteiger partial charge in [-0.2, -0.15) is 0 Å². The van der Waals surface area contributed by atoms with Crippen LogP contribution in [0.1, 0.15) is 5.56 Å². The van der Waals surface area contributed by atoms with E-state index in [1.807, 2.05) is 6.07 Å². The van der Waals surface area contributed by atoms with Crippen LogP contribution in [0.25, 0.3) is 0 Å². The van der Waals surface area contributed by atoms with Crippen LogP contribution in [-0.4, -0.2) is 36.1 Å². The number of nitrogens with two attached hydrogens (primary N) is 1. The standard InChI is InChI=1S/C12H13ClN2O3/c13-9-3-1-2-8(6-9)7-10-11(16)15(5-4-14)12(17)18-10/h1-3,6,10H,4-5,7,14H2/t10-/m0/s1. The van der Waals surface area contributed by atoms with E-state index in [0.717, 1.165) is 10.5 Å². The Kier molecular flexibility index (Phi) is 3.84. The molecule has 2 amide bonds. The second-order valence-electron chi connectivity index (χ2n) is 3.98. The van der Waals surface area contributed by atoms with Crippen LogP contribution in [0.2, 0.25) is 5.02 Å². The number of cyclic esters (lactones) is 1. The Morgan fingerprint density at radius 1 is 1.39 bits per heavy atom. The third kappa shape index (κ3) is 2.63. The molecule has 0 aliphatic carbocycles. The quantitative estimate of drug-likeness (QED) is 0.890. The van der Waals surface area contributed by atoms with Crippen molar-refractivity contribution in [2.45, 2.75) is 12.5 Å². The van der Waals surface area contributed by atoms with Crippen molar-refractivity contribution in [2.24, 2.45) is 5.73 Å². The molecule has 1 atom stereocenters. The van der Waals surface area contributed by atoms with E-state index in [2.05, 4.69) is 0 Å². The van der Waals surface area contributed by atoms with E-state index in [9.17, 15) is 9.59 Å². The fraction of sp³-hybridized carbons (Fsp3) is 0.333. The molecule has 0 radical (unpaired) electrons. The van der Waals surface area contributed by atoms with Gasteiger partial charge in [-0.1, -0.05) is 23.7 Å².